The first kappa shape index (κ1) is 12.8. The van der Waals surface area contributed by atoms with Gasteiger partial charge in [-0.15, -0.1) is 0 Å². The standard InChI is InChI=1S/C13H13N3O3/c1-2-19-13(18)9-3-5-10(6-4-9)15-12(17)11-7-8-14-16-11/h3-8H,2H2,1H3,(H,14,16)(H,15,17). The van der Waals surface area contributed by atoms with Crippen molar-refractivity contribution >= 4 is 17.6 Å². The Bertz CT molecular complexity index is 561. The van der Waals surface area contributed by atoms with Gasteiger partial charge in [-0.3, -0.25) is 9.89 Å². The fourth-order valence-electron chi connectivity index (χ4n) is 1.48. The molecule has 0 spiro atoms. The van der Waals surface area contributed by atoms with Gasteiger partial charge in [-0.1, -0.05) is 0 Å². The Morgan fingerprint density at radius 1 is 1.26 bits per heavy atom. The molecule has 1 aromatic heterocycles. The second kappa shape index (κ2) is 5.81. The second-order valence-corrected chi connectivity index (χ2v) is 3.72. The topological polar surface area (TPSA) is 84.1 Å². The van der Waals surface area contributed by atoms with E-state index in [4.69, 9.17) is 4.74 Å². The summed E-state index contributed by atoms with van der Waals surface area (Å²) < 4.78 is 4.87. The van der Waals surface area contributed by atoms with Gasteiger partial charge in [0.25, 0.3) is 5.91 Å². The maximum Gasteiger partial charge on any atom is 0.338 e. The van der Waals surface area contributed by atoms with E-state index in [0.29, 0.717) is 23.6 Å². The number of nitrogens with zero attached hydrogens (tertiary/aromatic N) is 1. The molecule has 1 heterocycles. The van der Waals surface area contributed by atoms with Gasteiger partial charge in [0.1, 0.15) is 5.69 Å². The molecule has 2 N–H and O–H groups in total. The number of benzene rings is 1. The Labute approximate surface area is 109 Å². The summed E-state index contributed by atoms with van der Waals surface area (Å²) in [6.07, 6.45) is 1.50. The average molecular weight is 259 g/mol. The van der Waals surface area contributed by atoms with E-state index in [1.807, 2.05) is 0 Å². The number of carbonyl (C=O) groups is 2. The number of H-pyrrole nitrogens is 1. The first-order chi connectivity index (χ1) is 9.20. The maximum absolute atomic E-state index is 11.7. The van der Waals surface area contributed by atoms with Gasteiger partial charge in [0.05, 0.1) is 12.2 Å². The lowest BCUT2D eigenvalue weighted by Gasteiger charge is -2.05. The van der Waals surface area contributed by atoms with Crippen molar-refractivity contribution in [2.24, 2.45) is 0 Å². The molecule has 0 atom stereocenters. The quantitative estimate of drug-likeness (QED) is 0.820. The predicted octanol–water partition coefficient (Wildman–Crippen LogP) is 1.84. The first-order valence-electron chi connectivity index (χ1n) is 5.78. The van der Waals surface area contributed by atoms with E-state index in [1.54, 1.807) is 37.3 Å². The number of esters is 1. The summed E-state index contributed by atoms with van der Waals surface area (Å²) in [6, 6.07) is 8.05. The zero-order chi connectivity index (χ0) is 13.7. The van der Waals surface area contributed by atoms with E-state index in [0.717, 1.165) is 0 Å². The van der Waals surface area contributed by atoms with Crippen LogP contribution >= 0.6 is 0 Å². The van der Waals surface area contributed by atoms with Crippen LogP contribution in [0.25, 0.3) is 0 Å². The molecule has 1 amide bonds. The van der Waals surface area contributed by atoms with Gasteiger partial charge in [-0.05, 0) is 37.3 Å². The van der Waals surface area contributed by atoms with Crippen molar-refractivity contribution in [1.82, 2.24) is 10.2 Å². The van der Waals surface area contributed by atoms with Gasteiger partial charge in [0.2, 0.25) is 0 Å². The number of amides is 1. The van der Waals surface area contributed by atoms with E-state index >= 15 is 0 Å². The maximum atomic E-state index is 11.7. The highest BCUT2D eigenvalue weighted by Crippen LogP contribution is 2.11. The van der Waals surface area contributed by atoms with Crippen LogP contribution in [0.1, 0.15) is 27.8 Å². The number of anilines is 1. The summed E-state index contributed by atoms with van der Waals surface area (Å²) in [6.45, 7) is 2.08. The van der Waals surface area contributed by atoms with Crippen molar-refractivity contribution in [3.8, 4) is 0 Å². The highest BCUT2D eigenvalue weighted by atomic mass is 16.5. The normalized spacial score (nSPS) is 9.95. The highest BCUT2D eigenvalue weighted by Gasteiger charge is 2.09. The molecule has 0 saturated carbocycles. The lowest BCUT2D eigenvalue weighted by atomic mass is 10.2. The largest absolute Gasteiger partial charge is 0.462 e. The van der Waals surface area contributed by atoms with Gasteiger partial charge in [-0.25, -0.2) is 4.79 Å². The molecule has 6 nitrogen and oxygen atoms in total. The zero-order valence-electron chi connectivity index (χ0n) is 10.3. The lowest BCUT2D eigenvalue weighted by molar-refractivity contribution is 0.0526. The number of rotatable bonds is 4. The molecule has 0 aliphatic carbocycles. The highest BCUT2D eigenvalue weighted by molar-refractivity contribution is 6.03. The molecule has 2 rings (SSSR count). The Morgan fingerprint density at radius 3 is 2.58 bits per heavy atom. The predicted molar refractivity (Wildman–Crippen MR) is 68.9 cm³/mol. The SMILES string of the molecule is CCOC(=O)c1ccc(NC(=O)c2ccn[nH]2)cc1. The fraction of sp³-hybridized carbons (Fsp3) is 0.154. The smallest absolute Gasteiger partial charge is 0.338 e. The number of aromatic nitrogens is 2. The zero-order valence-corrected chi connectivity index (χ0v) is 10.3. The molecule has 0 aliphatic heterocycles. The van der Waals surface area contributed by atoms with Crippen LogP contribution < -0.4 is 5.32 Å². The lowest BCUT2D eigenvalue weighted by Crippen LogP contribution is -2.12. The molecule has 6 heteroatoms. The molecule has 19 heavy (non-hydrogen) atoms. The summed E-state index contributed by atoms with van der Waals surface area (Å²) in [7, 11) is 0. The third kappa shape index (κ3) is 3.19. The second-order valence-electron chi connectivity index (χ2n) is 3.72. The summed E-state index contributed by atoms with van der Waals surface area (Å²) in [5.74, 6) is -0.671. The van der Waals surface area contributed by atoms with E-state index < -0.39 is 0 Å². The molecule has 0 unspecified atom stereocenters. The van der Waals surface area contributed by atoms with Gasteiger partial charge < -0.3 is 10.1 Å². The van der Waals surface area contributed by atoms with Gasteiger partial charge in [-0.2, -0.15) is 5.10 Å². The van der Waals surface area contributed by atoms with Gasteiger partial charge in [0.15, 0.2) is 0 Å². The van der Waals surface area contributed by atoms with Crippen LogP contribution in [0.3, 0.4) is 0 Å². The van der Waals surface area contributed by atoms with Crippen molar-refractivity contribution in [3.05, 3.63) is 47.8 Å². The summed E-state index contributed by atoms with van der Waals surface area (Å²) in [5.41, 5.74) is 1.41. The first-order valence-corrected chi connectivity index (χ1v) is 5.78. The van der Waals surface area contributed by atoms with E-state index in [1.165, 1.54) is 6.20 Å². The number of carbonyl (C=O) groups excluding carboxylic acids is 2. The van der Waals surface area contributed by atoms with Crippen LogP contribution in [0.5, 0.6) is 0 Å². The third-order valence-electron chi connectivity index (χ3n) is 2.40. The minimum Gasteiger partial charge on any atom is -0.462 e. The van der Waals surface area contributed by atoms with Gasteiger partial charge >= 0.3 is 5.97 Å². The molecule has 2 aromatic rings. The summed E-state index contributed by atoms with van der Waals surface area (Å²) in [5, 5.41) is 8.94. The van der Waals surface area contributed by atoms with Crippen molar-refractivity contribution < 1.29 is 14.3 Å². The van der Waals surface area contributed by atoms with Gasteiger partial charge in [0, 0.05) is 11.9 Å². The minimum atomic E-state index is -0.381. The van der Waals surface area contributed by atoms with Crippen LogP contribution in [0.4, 0.5) is 5.69 Å². The van der Waals surface area contributed by atoms with Crippen LogP contribution in [0.2, 0.25) is 0 Å². The molecule has 98 valence electrons. The Morgan fingerprint density at radius 2 is 2.00 bits per heavy atom. The van der Waals surface area contributed by atoms with Crippen molar-refractivity contribution in [2.45, 2.75) is 6.92 Å². The molecule has 1 aromatic carbocycles. The number of nitrogens with one attached hydrogen (secondary N) is 2. The van der Waals surface area contributed by atoms with E-state index in [9.17, 15) is 9.59 Å². The molecule has 0 fully saturated rings. The molecule has 0 radical (unpaired) electrons. The number of hydrogen-bond acceptors (Lipinski definition) is 4. The molecular weight excluding hydrogens is 246 g/mol. The minimum absolute atomic E-state index is 0.290. The number of aromatic amines is 1. The average Bonchev–Trinajstić information content (AvgIpc) is 2.94. The van der Waals surface area contributed by atoms with Crippen molar-refractivity contribution in [2.75, 3.05) is 11.9 Å². The number of hydrogen-bond donors (Lipinski definition) is 2. The van der Waals surface area contributed by atoms with Crippen LogP contribution in [0, 0.1) is 0 Å². The van der Waals surface area contributed by atoms with Crippen LogP contribution in [-0.2, 0) is 4.74 Å². The summed E-state index contributed by atoms with van der Waals surface area (Å²) in [4.78, 5) is 23.2. The Balaban J connectivity index is 2.03. The molecule has 0 aliphatic rings. The van der Waals surface area contributed by atoms with Crippen molar-refractivity contribution in [3.63, 3.8) is 0 Å². The van der Waals surface area contributed by atoms with Crippen LogP contribution in [0.15, 0.2) is 36.5 Å². The van der Waals surface area contributed by atoms with Crippen molar-refractivity contribution in [1.29, 1.82) is 0 Å². The monoisotopic (exact) mass is 259 g/mol. The Hall–Kier alpha value is -2.63. The van der Waals surface area contributed by atoms with Crippen LogP contribution in [-0.4, -0.2) is 28.7 Å². The molecular formula is C13H13N3O3. The fourth-order valence-corrected chi connectivity index (χ4v) is 1.48. The molecule has 0 saturated heterocycles. The Kier molecular flexibility index (Phi) is 3.92. The summed E-state index contributed by atoms with van der Waals surface area (Å²) >= 11 is 0. The third-order valence-corrected chi connectivity index (χ3v) is 2.40. The van der Waals surface area contributed by atoms with E-state index in [-0.39, 0.29) is 11.9 Å². The number of ether oxygens (including phenoxy) is 1. The molecule has 0 bridgehead atoms. The van der Waals surface area contributed by atoms with E-state index in [2.05, 4.69) is 15.5 Å².